The fourth-order valence-corrected chi connectivity index (χ4v) is 4.06. The molecule has 0 aliphatic heterocycles. The molecule has 1 fully saturated rings. The van der Waals surface area contributed by atoms with Crippen LogP contribution in [0, 0.1) is 0 Å². The summed E-state index contributed by atoms with van der Waals surface area (Å²) >= 11 is 7.60. The smallest absolute Gasteiger partial charge is 0.0931 e. The molecule has 2 nitrogen and oxygen atoms in total. The minimum absolute atomic E-state index is 0.0651. The van der Waals surface area contributed by atoms with Crippen LogP contribution in [0.5, 0.6) is 0 Å². The predicted molar refractivity (Wildman–Crippen MR) is 78.5 cm³/mol. The van der Waals surface area contributed by atoms with Crippen LogP contribution < -0.4 is 5.73 Å². The van der Waals surface area contributed by atoms with Gasteiger partial charge in [-0.1, -0.05) is 37.3 Å². The Hall–Kier alpha value is -0.0900. The molecule has 1 aliphatic rings. The quantitative estimate of drug-likeness (QED) is 0.849. The van der Waals surface area contributed by atoms with Crippen LogP contribution in [-0.4, -0.2) is 18.8 Å². The Labute approximate surface area is 118 Å². The van der Waals surface area contributed by atoms with E-state index in [1.165, 1.54) is 30.6 Å². The highest BCUT2D eigenvalue weighted by Crippen LogP contribution is 2.34. The molecule has 102 valence electrons. The van der Waals surface area contributed by atoms with E-state index in [0.717, 1.165) is 23.6 Å². The Bertz CT molecular complexity index is 372. The lowest BCUT2D eigenvalue weighted by atomic mass is 9.84. The molecular weight excluding hydrogens is 266 g/mol. The van der Waals surface area contributed by atoms with Crippen molar-refractivity contribution in [3.05, 3.63) is 21.3 Å². The summed E-state index contributed by atoms with van der Waals surface area (Å²) < 4.78 is 6.68. The third kappa shape index (κ3) is 3.27. The predicted octanol–water partition coefficient (Wildman–Crippen LogP) is 4.01. The van der Waals surface area contributed by atoms with Crippen molar-refractivity contribution in [1.29, 1.82) is 0 Å². The number of hydrogen-bond acceptors (Lipinski definition) is 3. The highest BCUT2D eigenvalue weighted by molar-refractivity contribution is 7.16. The average molecular weight is 288 g/mol. The third-order valence-corrected chi connectivity index (χ3v) is 5.34. The van der Waals surface area contributed by atoms with Gasteiger partial charge < -0.3 is 10.5 Å². The summed E-state index contributed by atoms with van der Waals surface area (Å²) in [6.07, 6.45) is 8.11. The molecule has 2 N–H and O–H groups in total. The molecule has 0 bridgehead atoms. The van der Waals surface area contributed by atoms with E-state index in [1.807, 2.05) is 13.2 Å². The molecular formula is C14H22ClNOS. The Balaban J connectivity index is 2.06. The van der Waals surface area contributed by atoms with Gasteiger partial charge in [0.25, 0.3) is 0 Å². The summed E-state index contributed by atoms with van der Waals surface area (Å²) in [5.74, 6) is 0. The number of nitrogens with two attached hydrogens (primary N) is 1. The standard InChI is InChI=1S/C14H22ClNOS/c1-17-14(8-4-2-3-5-9-14)12(16)10-11-6-7-13(15)18-11/h6-7,12H,2-5,8-10,16H2,1H3. The van der Waals surface area contributed by atoms with Gasteiger partial charge in [-0.3, -0.25) is 0 Å². The molecule has 4 heteroatoms. The summed E-state index contributed by atoms with van der Waals surface area (Å²) in [5, 5.41) is 0. The van der Waals surface area contributed by atoms with Crippen LogP contribution in [0.3, 0.4) is 0 Å². The largest absolute Gasteiger partial charge is 0.377 e. The monoisotopic (exact) mass is 287 g/mol. The Kier molecular flexibility index (Phi) is 5.07. The van der Waals surface area contributed by atoms with E-state index in [0.29, 0.717) is 0 Å². The van der Waals surface area contributed by atoms with Gasteiger partial charge in [-0.05, 0) is 31.4 Å². The van der Waals surface area contributed by atoms with Crippen molar-refractivity contribution in [2.75, 3.05) is 7.11 Å². The van der Waals surface area contributed by atoms with E-state index in [-0.39, 0.29) is 11.6 Å². The lowest BCUT2D eigenvalue weighted by Gasteiger charge is -2.37. The maximum Gasteiger partial charge on any atom is 0.0931 e. The van der Waals surface area contributed by atoms with E-state index in [1.54, 1.807) is 11.3 Å². The van der Waals surface area contributed by atoms with E-state index < -0.39 is 0 Å². The second kappa shape index (κ2) is 6.38. The van der Waals surface area contributed by atoms with E-state index in [4.69, 9.17) is 22.1 Å². The molecule has 1 aromatic heterocycles. The summed E-state index contributed by atoms with van der Waals surface area (Å²) in [6.45, 7) is 0. The van der Waals surface area contributed by atoms with Crippen molar-refractivity contribution in [2.24, 2.45) is 5.73 Å². The number of hydrogen-bond donors (Lipinski definition) is 1. The lowest BCUT2D eigenvalue weighted by molar-refractivity contribution is -0.0428. The maximum atomic E-state index is 6.44. The van der Waals surface area contributed by atoms with Crippen LogP contribution in [-0.2, 0) is 11.2 Å². The van der Waals surface area contributed by atoms with Crippen molar-refractivity contribution >= 4 is 22.9 Å². The van der Waals surface area contributed by atoms with Crippen LogP contribution in [0.15, 0.2) is 12.1 Å². The minimum atomic E-state index is -0.132. The zero-order valence-electron chi connectivity index (χ0n) is 11.0. The Morgan fingerprint density at radius 3 is 2.50 bits per heavy atom. The maximum absolute atomic E-state index is 6.44. The number of thiophene rings is 1. The molecule has 0 saturated heterocycles. The minimum Gasteiger partial charge on any atom is -0.377 e. The molecule has 0 aromatic carbocycles. The summed E-state index contributed by atoms with van der Waals surface area (Å²) in [6, 6.07) is 4.09. The van der Waals surface area contributed by atoms with Crippen molar-refractivity contribution in [2.45, 2.75) is 56.6 Å². The fraction of sp³-hybridized carbons (Fsp3) is 0.714. The van der Waals surface area contributed by atoms with Gasteiger partial charge in [0, 0.05) is 18.0 Å². The molecule has 1 aliphatic carbocycles. The molecule has 1 saturated carbocycles. The normalized spacial score (nSPS) is 21.5. The number of methoxy groups -OCH3 is 1. The first-order valence-corrected chi connectivity index (χ1v) is 7.91. The van der Waals surface area contributed by atoms with Crippen LogP contribution in [0.2, 0.25) is 4.34 Å². The van der Waals surface area contributed by atoms with Crippen molar-refractivity contribution in [1.82, 2.24) is 0 Å². The topological polar surface area (TPSA) is 35.2 Å². The molecule has 1 unspecified atom stereocenters. The lowest BCUT2D eigenvalue weighted by Crippen LogP contribution is -2.50. The van der Waals surface area contributed by atoms with Gasteiger partial charge in [0.05, 0.1) is 9.94 Å². The first-order chi connectivity index (χ1) is 8.66. The summed E-state index contributed by atoms with van der Waals surface area (Å²) in [7, 11) is 1.81. The molecule has 1 aromatic rings. The molecule has 18 heavy (non-hydrogen) atoms. The van der Waals surface area contributed by atoms with Crippen LogP contribution >= 0.6 is 22.9 Å². The van der Waals surface area contributed by atoms with E-state index in [2.05, 4.69) is 6.07 Å². The van der Waals surface area contributed by atoms with Gasteiger partial charge in [-0.25, -0.2) is 0 Å². The zero-order valence-corrected chi connectivity index (χ0v) is 12.5. The van der Waals surface area contributed by atoms with Gasteiger partial charge in [0.15, 0.2) is 0 Å². The van der Waals surface area contributed by atoms with Crippen molar-refractivity contribution in [3.63, 3.8) is 0 Å². The highest BCUT2D eigenvalue weighted by Gasteiger charge is 2.37. The van der Waals surface area contributed by atoms with Crippen LogP contribution in [0.4, 0.5) is 0 Å². The molecule has 2 rings (SSSR count). The first-order valence-electron chi connectivity index (χ1n) is 6.71. The highest BCUT2D eigenvalue weighted by atomic mass is 35.5. The van der Waals surface area contributed by atoms with E-state index in [9.17, 15) is 0 Å². The molecule has 0 radical (unpaired) electrons. The van der Waals surface area contributed by atoms with Gasteiger partial charge in [-0.15, -0.1) is 11.3 Å². The van der Waals surface area contributed by atoms with E-state index >= 15 is 0 Å². The van der Waals surface area contributed by atoms with Gasteiger partial charge >= 0.3 is 0 Å². The molecule has 1 atom stereocenters. The van der Waals surface area contributed by atoms with Crippen molar-refractivity contribution in [3.8, 4) is 0 Å². The third-order valence-electron chi connectivity index (χ3n) is 4.08. The first kappa shape index (κ1) is 14.3. The second-order valence-corrected chi connectivity index (χ2v) is 7.00. The van der Waals surface area contributed by atoms with Gasteiger partial charge in [0.2, 0.25) is 0 Å². The molecule has 0 spiro atoms. The van der Waals surface area contributed by atoms with Gasteiger partial charge in [-0.2, -0.15) is 0 Å². The van der Waals surface area contributed by atoms with Crippen LogP contribution in [0.1, 0.15) is 43.4 Å². The van der Waals surface area contributed by atoms with Crippen molar-refractivity contribution < 1.29 is 4.74 Å². The van der Waals surface area contributed by atoms with Crippen LogP contribution in [0.25, 0.3) is 0 Å². The van der Waals surface area contributed by atoms with Gasteiger partial charge in [0.1, 0.15) is 0 Å². The average Bonchev–Trinajstić information content (AvgIpc) is 2.65. The summed E-state index contributed by atoms with van der Waals surface area (Å²) in [5.41, 5.74) is 6.31. The SMILES string of the molecule is COC1(C(N)Cc2ccc(Cl)s2)CCCCCC1. The summed E-state index contributed by atoms with van der Waals surface area (Å²) in [4.78, 5) is 1.26. The molecule has 1 heterocycles. The Morgan fingerprint density at radius 2 is 2.00 bits per heavy atom. The fourth-order valence-electron chi connectivity index (χ4n) is 2.92. The second-order valence-electron chi connectivity index (χ2n) is 5.20. The number of ether oxygens (including phenoxy) is 1. The Morgan fingerprint density at radius 1 is 1.33 bits per heavy atom. The molecule has 0 amide bonds. The zero-order chi connectivity index (χ0) is 13.0. The number of rotatable bonds is 4. The number of halogens is 1.